The van der Waals surface area contributed by atoms with Gasteiger partial charge in [-0.15, -0.1) is 0 Å². The Morgan fingerprint density at radius 1 is 1.09 bits per heavy atom. The summed E-state index contributed by atoms with van der Waals surface area (Å²) >= 11 is 0. The molecular weight excluding hydrogens is 404 g/mol. The Kier molecular flexibility index (Phi) is 4.45. The Labute approximate surface area is 184 Å². The molecule has 162 valence electrons. The minimum atomic E-state index is -0.0702. The van der Waals surface area contributed by atoms with Gasteiger partial charge in [-0.3, -0.25) is 18.9 Å². The second kappa shape index (κ2) is 7.47. The van der Waals surface area contributed by atoms with E-state index in [0.717, 1.165) is 59.3 Å². The summed E-state index contributed by atoms with van der Waals surface area (Å²) in [5, 5.41) is 3.05. The van der Waals surface area contributed by atoms with Gasteiger partial charge in [-0.2, -0.15) is 0 Å². The average Bonchev–Trinajstić information content (AvgIpc) is 3.73. The number of amides is 1. The lowest BCUT2D eigenvalue weighted by atomic mass is 10.2. The Balaban J connectivity index is 1.34. The summed E-state index contributed by atoms with van der Waals surface area (Å²) < 4.78 is 5.66. The SMILES string of the molecule is O=C(CCCn1c(Cn2c(=O)n(C3=CC3)c3ccncc32)nc2ccccc21)NC1CC1. The van der Waals surface area contributed by atoms with Crippen molar-refractivity contribution in [1.29, 1.82) is 0 Å². The number of carbonyl (C=O) groups is 1. The topological polar surface area (TPSA) is 86.7 Å². The third-order valence-electron chi connectivity index (χ3n) is 6.17. The molecule has 1 fully saturated rings. The van der Waals surface area contributed by atoms with E-state index in [1.54, 1.807) is 21.5 Å². The molecule has 3 aromatic heterocycles. The summed E-state index contributed by atoms with van der Waals surface area (Å²) in [5.74, 6) is 0.921. The second-order valence-electron chi connectivity index (χ2n) is 8.58. The van der Waals surface area contributed by atoms with Crippen LogP contribution in [0.25, 0.3) is 27.8 Å². The van der Waals surface area contributed by atoms with Crippen LogP contribution in [0.3, 0.4) is 0 Å². The number of benzene rings is 1. The number of fused-ring (bicyclic) bond motifs is 2. The smallest absolute Gasteiger partial charge is 0.333 e. The monoisotopic (exact) mass is 428 g/mol. The molecule has 1 aromatic carbocycles. The van der Waals surface area contributed by atoms with Crippen LogP contribution >= 0.6 is 0 Å². The van der Waals surface area contributed by atoms with Crippen LogP contribution in [0.4, 0.5) is 0 Å². The van der Waals surface area contributed by atoms with Gasteiger partial charge >= 0.3 is 5.69 Å². The van der Waals surface area contributed by atoms with Gasteiger partial charge in [0.15, 0.2) is 0 Å². The molecule has 2 aliphatic rings. The normalized spacial score (nSPS) is 15.3. The molecule has 1 amide bonds. The van der Waals surface area contributed by atoms with E-state index in [0.29, 0.717) is 25.6 Å². The lowest BCUT2D eigenvalue weighted by molar-refractivity contribution is -0.121. The third kappa shape index (κ3) is 3.41. The van der Waals surface area contributed by atoms with Gasteiger partial charge in [0, 0.05) is 37.3 Å². The van der Waals surface area contributed by atoms with E-state index in [1.165, 1.54) is 0 Å². The number of para-hydroxylation sites is 2. The molecule has 32 heavy (non-hydrogen) atoms. The number of hydrogen-bond donors (Lipinski definition) is 1. The third-order valence-corrected chi connectivity index (χ3v) is 6.17. The molecular formula is C24H24N6O2. The van der Waals surface area contributed by atoms with Crippen LogP contribution in [0.2, 0.25) is 0 Å². The fourth-order valence-electron chi connectivity index (χ4n) is 4.32. The molecule has 6 rings (SSSR count). The number of nitrogens with one attached hydrogen (secondary N) is 1. The van der Waals surface area contributed by atoms with E-state index < -0.39 is 0 Å². The number of aryl methyl sites for hydroxylation is 1. The molecule has 0 bridgehead atoms. The second-order valence-corrected chi connectivity index (χ2v) is 8.58. The maximum absolute atomic E-state index is 13.3. The Hall–Kier alpha value is -3.68. The maximum atomic E-state index is 13.3. The highest BCUT2D eigenvalue weighted by Crippen LogP contribution is 2.27. The molecule has 2 aliphatic carbocycles. The Bertz CT molecular complexity index is 1440. The van der Waals surface area contributed by atoms with Crippen molar-refractivity contribution in [2.75, 3.05) is 0 Å². The number of aromatic nitrogens is 5. The standard InChI is InChI=1S/C24H24N6O2/c31-23(26-16-7-8-16)6-3-13-28-19-5-2-1-4-18(19)27-22(28)15-29-21-14-25-12-11-20(21)30(24(29)32)17-9-10-17/h1-2,4-5,9,11-12,14,16H,3,6-8,10,13,15H2,(H,26,31). The fraction of sp³-hybridized carbons (Fsp3) is 0.333. The van der Waals surface area contributed by atoms with Crippen LogP contribution in [0, 0.1) is 0 Å². The van der Waals surface area contributed by atoms with Crippen LogP contribution in [0.1, 0.15) is 37.9 Å². The highest BCUT2D eigenvalue weighted by Gasteiger charge is 2.24. The Morgan fingerprint density at radius 3 is 2.75 bits per heavy atom. The van der Waals surface area contributed by atoms with Gasteiger partial charge in [-0.25, -0.2) is 9.78 Å². The van der Waals surface area contributed by atoms with Crippen molar-refractivity contribution < 1.29 is 4.79 Å². The highest BCUT2D eigenvalue weighted by atomic mass is 16.2. The van der Waals surface area contributed by atoms with Gasteiger partial charge < -0.3 is 9.88 Å². The molecule has 0 saturated heterocycles. The molecule has 1 N–H and O–H groups in total. The minimum absolute atomic E-state index is 0.0702. The van der Waals surface area contributed by atoms with Crippen LogP contribution in [-0.4, -0.2) is 35.6 Å². The summed E-state index contributed by atoms with van der Waals surface area (Å²) in [6, 6.07) is 10.2. The van der Waals surface area contributed by atoms with Crippen molar-refractivity contribution in [1.82, 2.24) is 29.0 Å². The average molecular weight is 428 g/mol. The van der Waals surface area contributed by atoms with E-state index >= 15 is 0 Å². The molecule has 8 nitrogen and oxygen atoms in total. The van der Waals surface area contributed by atoms with Crippen LogP contribution in [0.15, 0.2) is 53.6 Å². The van der Waals surface area contributed by atoms with Gasteiger partial charge in [0.2, 0.25) is 5.91 Å². The summed E-state index contributed by atoms with van der Waals surface area (Å²) in [4.78, 5) is 34.5. The maximum Gasteiger partial charge on any atom is 0.333 e. The first-order chi connectivity index (χ1) is 15.7. The molecule has 8 heteroatoms. The van der Waals surface area contributed by atoms with Crippen molar-refractivity contribution in [2.24, 2.45) is 0 Å². The first-order valence-electron chi connectivity index (χ1n) is 11.2. The summed E-state index contributed by atoms with van der Waals surface area (Å²) in [5.41, 5.74) is 4.54. The molecule has 0 aliphatic heterocycles. The van der Waals surface area contributed by atoms with E-state index in [4.69, 9.17) is 4.98 Å². The largest absolute Gasteiger partial charge is 0.353 e. The van der Waals surface area contributed by atoms with Crippen molar-refractivity contribution in [3.05, 3.63) is 65.1 Å². The highest BCUT2D eigenvalue weighted by molar-refractivity contribution is 5.82. The molecule has 0 radical (unpaired) electrons. The van der Waals surface area contributed by atoms with E-state index in [-0.39, 0.29) is 11.6 Å². The number of hydrogen-bond acceptors (Lipinski definition) is 4. The van der Waals surface area contributed by atoms with Crippen LogP contribution in [-0.2, 0) is 17.9 Å². The van der Waals surface area contributed by atoms with E-state index in [2.05, 4.69) is 14.9 Å². The predicted molar refractivity (Wildman–Crippen MR) is 122 cm³/mol. The lowest BCUT2D eigenvalue weighted by Crippen LogP contribution is -2.26. The quantitative estimate of drug-likeness (QED) is 0.468. The number of nitrogens with zero attached hydrogens (tertiary/aromatic N) is 5. The van der Waals surface area contributed by atoms with Crippen molar-refractivity contribution in [2.45, 2.75) is 51.2 Å². The first-order valence-corrected chi connectivity index (χ1v) is 11.2. The molecule has 0 atom stereocenters. The Morgan fingerprint density at radius 2 is 1.94 bits per heavy atom. The molecule has 4 aromatic rings. The number of carbonyl (C=O) groups excluding carboxylic acids is 1. The van der Waals surface area contributed by atoms with Crippen molar-refractivity contribution >= 4 is 33.7 Å². The van der Waals surface area contributed by atoms with E-state index in [9.17, 15) is 9.59 Å². The number of rotatable bonds is 8. The van der Waals surface area contributed by atoms with Gasteiger partial charge in [0.1, 0.15) is 5.82 Å². The van der Waals surface area contributed by atoms with Gasteiger partial charge in [0.05, 0.1) is 34.8 Å². The van der Waals surface area contributed by atoms with Crippen LogP contribution in [0.5, 0.6) is 0 Å². The molecule has 0 unspecified atom stereocenters. The fourth-order valence-corrected chi connectivity index (χ4v) is 4.32. The van der Waals surface area contributed by atoms with Gasteiger partial charge in [-0.1, -0.05) is 18.2 Å². The zero-order valence-electron chi connectivity index (χ0n) is 17.7. The minimum Gasteiger partial charge on any atom is -0.353 e. The van der Waals surface area contributed by atoms with Crippen molar-refractivity contribution in [3.8, 4) is 0 Å². The van der Waals surface area contributed by atoms with Gasteiger partial charge in [-0.05, 0) is 37.5 Å². The zero-order chi connectivity index (χ0) is 21.7. The van der Waals surface area contributed by atoms with Crippen LogP contribution < -0.4 is 11.0 Å². The summed E-state index contributed by atoms with van der Waals surface area (Å²) in [7, 11) is 0. The number of allylic oxidation sites excluding steroid dienone is 2. The summed E-state index contributed by atoms with van der Waals surface area (Å²) in [6.45, 7) is 1.02. The molecule has 0 spiro atoms. The lowest BCUT2D eigenvalue weighted by Gasteiger charge is -2.10. The molecule has 1 saturated carbocycles. The van der Waals surface area contributed by atoms with E-state index in [1.807, 2.05) is 36.4 Å². The van der Waals surface area contributed by atoms with Gasteiger partial charge in [0.25, 0.3) is 0 Å². The molecule has 3 heterocycles. The number of imidazole rings is 2. The number of pyridine rings is 1. The predicted octanol–water partition coefficient (Wildman–Crippen LogP) is 2.90. The summed E-state index contributed by atoms with van der Waals surface area (Å²) in [6.07, 6.45) is 9.73. The first kappa shape index (κ1) is 19.0. The van der Waals surface area contributed by atoms with Crippen molar-refractivity contribution in [3.63, 3.8) is 0 Å². The zero-order valence-corrected chi connectivity index (χ0v) is 17.7.